The van der Waals surface area contributed by atoms with Gasteiger partial charge in [-0.3, -0.25) is 14.5 Å². The molecule has 128 valence electrons. The Labute approximate surface area is 134 Å². The number of amides is 1. The molecule has 22 heavy (non-hydrogen) atoms. The fourth-order valence-corrected chi connectivity index (χ4v) is 3.34. The molecule has 1 atom stereocenters. The maximum Gasteiger partial charge on any atom is 0.317 e. The Morgan fingerprint density at radius 2 is 1.86 bits per heavy atom. The SMILES string of the molecule is CCCCC(CC)C(=O)N1CCC(N(CC)CC(=O)O)CC1. The van der Waals surface area contributed by atoms with Crippen molar-refractivity contribution in [1.29, 1.82) is 0 Å². The molecule has 1 N–H and O–H groups in total. The van der Waals surface area contributed by atoms with Crippen LogP contribution in [0.3, 0.4) is 0 Å². The van der Waals surface area contributed by atoms with Crippen LogP contribution in [0.2, 0.25) is 0 Å². The highest BCUT2D eigenvalue weighted by atomic mass is 16.4. The Hall–Kier alpha value is -1.10. The first-order chi connectivity index (χ1) is 10.5. The number of rotatable bonds is 9. The Morgan fingerprint density at radius 3 is 2.32 bits per heavy atom. The van der Waals surface area contributed by atoms with Crippen LogP contribution in [0.15, 0.2) is 0 Å². The number of unbranched alkanes of at least 4 members (excludes halogenated alkanes) is 1. The highest BCUT2D eigenvalue weighted by Gasteiger charge is 2.29. The number of hydrogen-bond donors (Lipinski definition) is 1. The lowest BCUT2D eigenvalue weighted by molar-refractivity contribution is -0.141. The van der Waals surface area contributed by atoms with Crippen molar-refractivity contribution in [1.82, 2.24) is 9.80 Å². The predicted octanol–water partition coefficient (Wildman–Crippen LogP) is 2.60. The number of likely N-dealkylation sites (tertiary alicyclic amines) is 1. The van der Waals surface area contributed by atoms with Crippen LogP contribution in [-0.2, 0) is 9.59 Å². The molecule has 0 aliphatic carbocycles. The smallest absolute Gasteiger partial charge is 0.317 e. The zero-order valence-electron chi connectivity index (χ0n) is 14.4. The number of hydrogen-bond acceptors (Lipinski definition) is 3. The lowest BCUT2D eigenvalue weighted by atomic mass is 9.95. The van der Waals surface area contributed by atoms with Gasteiger partial charge in [-0.1, -0.05) is 33.6 Å². The van der Waals surface area contributed by atoms with Crippen molar-refractivity contribution in [2.75, 3.05) is 26.2 Å². The van der Waals surface area contributed by atoms with E-state index in [1.807, 2.05) is 16.7 Å². The van der Waals surface area contributed by atoms with Gasteiger partial charge in [-0.05, 0) is 32.2 Å². The van der Waals surface area contributed by atoms with Gasteiger partial charge in [0.15, 0.2) is 0 Å². The summed E-state index contributed by atoms with van der Waals surface area (Å²) in [7, 11) is 0. The summed E-state index contributed by atoms with van der Waals surface area (Å²) in [4.78, 5) is 27.5. The summed E-state index contributed by atoms with van der Waals surface area (Å²) >= 11 is 0. The van der Waals surface area contributed by atoms with Crippen molar-refractivity contribution in [2.45, 2.75) is 65.3 Å². The molecule has 0 saturated carbocycles. The second-order valence-corrected chi connectivity index (χ2v) is 6.26. The van der Waals surface area contributed by atoms with Gasteiger partial charge in [0, 0.05) is 25.0 Å². The number of aliphatic carboxylic acids is 1. The fourth-order valence-electron chi connectivity index (χ4n) is 3.34. The third-order valence-corrected chi connectivity index (χ3v) is 4.79. The first-order valence-corrected chi connectivity index (χ1v) is 8.78. The molecule has 1 unspecified atom stereocenters. The molecule has 1 heterocycles. The highest BCUT2D eigenvalue weighted by Crippen LogP contribution is 2.21. The van der Waals surface area contributed by atoms with E-state index in [4.69, 9.17) is 5.11 Å². The molecule has 5 heteroatoms. The lowest BCUT2D eigenvalue weighted by Crippen LogP contribution is -2.49. The Balaban J connectivity index is 2.49. The van der Waals surface area contributed by atoms with Crippen LogP contribution in [0.4, 0.5) is 0 Å². The summed E-state index contributed by atoms with van der Waals surface area (Å²) in [6.45, 7) is 8.63. The van der Waals surface area contributed by atoms with Crippen LogP contribution < -0.4 is 0 Å². The van der Waals surface area contributed by atoms with Crippen LogP contribution >= 0.6 is 0 Å². The van der Waals surface area contributed by atoms with Crippen molar-refractivity contribution in [3.8, 4) is 0 Å². The van der Waals surface area contributed by atoms with E-state index in [1.165, 1.54) is 0 Å². The van der Waals surface area contributed by atoms with Crippen molar-refractivity contribution < 1.29 is 14.7 Å². The minimum Gasteiger partial charge on any atom is -0.480 e. The zero-order chi connectivity index (χ0) is 16.5. The van der Waals surface area contributed by atoms with Gasteiger partial charge in [-0.2, -0.15) is 0 Å². The first kappa shape index (κ1) is 18.9. The Kier molecular flexibility index (Phi) is 8.46. The van der Waals surface area contributed by atoms with Crippen LogP contribution in [0.5, 0.6) is 0 Å². The molecule has 1 rings (SSSR count). The zero-order valence-corrected chi connectivity index (χ0v) is 14.4. The molecule has 1 aliphatic rings. The first-order valence-electron chi connectivity index (χ1n) is 8.78. The molecule has 0 aromatic carbocycles. The van der Waals surface area contributed by atoms with Crippen molar-refractivity contribution in [3.63, 3.8) is 0 Å². The molecule has 1 aliphatic heterocycles. The Bertz CT molecular complexity index is 352. The number of carbonyl (C=O) groups excluding carboxylic acids is 1. The lowest BCUT2D eigenvalue weighted by Gasteiger charge is -2.38. The summed E-state index contributed by atoms with van der Waals surface area (Å²) in [5.41, 5.74) is 0. The third-order valence-electron chi connectivity index (χ3n) is 4.79. The van der Waals surface area contributed by atoms with Gasteiger partial charge in [0.1, 0.15) is 0 Å². The van der Waals surface area contributed by atoms with E-state index in [1.54, 1.807) is 0 Å². The maximum atomic E-state index is 12.6. The number of carbonyl (C=O) groups is 2. The van der Waals surface area contributed by atoms with Crippen LogP contribution in [0.1, 0.15) is 59.3 Å². The van der Waals surface area contributed by atoms with Gasteiger partial charge in [-0.25, -0.2) is 0 Å². The largest absolute Gasteiger partial charge is 0.480 e. The summed E-state index contributed by atoms with van der Waals surface area (Å²) in [6.07, 6.45) is 5.92. The standard InChI is InChI=1S/C17H32N2O3/c1-4-7-8-14(5-2)17(22)19-11-9-15(10-12-19)18(6-3)13-16(20)21/h14-15H,4-13H2,1-3H3,(H,20,21). The van der Waals surface area contributed by atoms with Gasteiger partial charge in [0.2, 0.25) is 5.91 Å². The van der Waals surface area contributed by atoms with E-state index in [9.17, 15) is 9.59 Å². The van der Waals surface area contributed by atoms with Gasteiger partial charge >= 0.3 is 5.97 Å². The summed E-state index contributed by atoms with van der Waals surface area (Å²) in [5, 5.41) is 8.97. The highest BCUT2D eigenvalue weighted by molar-refractivity contribution is 5.78. The van der Waals surface area contributed by atoms with Crippen LogP contribution in [0.25, 0.3) is 0 Å². The minimum absolute atomic E-state index is 0.100. The molecule has 0 spiro atoms. The molecule has 0 aromatic rings. The summed E-state index contributed by atoms with van der Waals surface area (Å²) in [6, 6.07) is 0.292. The van der Waals surface area contributed by atoms with Gasteiger partial charge in [-0.15, -0.1) is 0 Å². The van der Waals surface area contributed by atoms with E-state index < -0.39 is 5.97 Å². The normalized spacial score (nSPS) is 17.7. The van der Waals surface area contributed by atoms with E-state index in [2.05, 4.69) is 13.8 Å². The van der Waals surface area contributed by atoms with Gasteiger partial charge < -0.3 is 10.0 Å². The van der Waals surface area contributed by atoms with Crippen molar-refractivity contribution in [2.24, 2.45) is 5.92 Å². The topological polar surface area (TPSA) is 60.9 Å². The summed E-state index contributed by atoms with van der Waals surface area (Å²) in [5.74, 6) is -0.306. The van der Waals surface area contributed by atoms with E-state index in [0.717, 1.165) is 58.2 Å². The number of piperidine rings is 1. The third kappa shape index (κ3) is 5.59. The van der Waals surface area contributed by atoms with Crippen molar-refractivity contribution in [3.05, 3.63) is 0 Å². The number of carboxylic acid groups (broad SMARTS) is 1. The van der Waals surface area contributed by atoms with Crippen LogP contribution in [-0.4, -0.2) is 59.0 Å². The number of carboxylic acids is 1. The minimum atomic E-state index is -0.772. The molecular formula is C17H32N2O3. The number of nitrogens with zero attached hydrogens (tertiary/aromatic N) is 2. The maximum absolute atomic E-state index is 12.6. The number of likely N-dealkylation sites (N-methyl/N-ethyl adjacent to an activating group) is 1. The molecule has 0 aromatic heterocycles. The van der Waals surface area contributed by atoms with Gasteiger partial charge in [0.25, 0.3) is 0 Å². The quantitative estimate of drug-likeness (QED) is 0.711. The fraction of sp³-hybridized carbons (Fsp3) is 0.882. The van der Waals surface area contributed by atoms with Gasteiger partial charge in [0.05, 0.1) is 6.54 Å². The summed E-state index contributed by atoms with van der Waals surface area (Å²) < 4.78 is 0. The molecule has 0 bridgehead atoms. The second-order valence-electron chi connectivity index (χ2n) is 6.26. The van der Waals surface area contributed by atoms with E-state index in [0.29, 0.717) is 11.9 Å². The second kappa shape index (κ2) is 9.82. The molecule has 1 saturated heterocycles. The monoisotopic (exact) mass is 312 g/mol. The predicted molar refractivity (Wildman–Crippen MR) is 87.8 cm³/mol. The molecule has 1 amide bonds. The van der Waals surface area contributed by atoms with Crippen LogP contribution in [0, 0.1) is 5.92 Å². The average molecular weight is 312 g/mol. The van der Waals surface area contributed by atoms with E-state index in [-0.39, 0.29) is 12.5 Å². The molecular weight excluding hydrogens is 280 g/mol. The van der Waals surface area contributed by atoms with Crippen molar-refractivity contribution >= 4 is 11.9 Å². The molecule has 5 nitrogen and oxygen atoms in total. The van der Waals surface area contributed by atoms with E-state index >= 15 is 0 Å². The molecule has 0 radical (unpaired) electrons. The average Bonchev–Trinajstić information content (AvgIpc) is 2.53. The molecule has 1 fully saturated rings. The Morgan fingerprint density at radius 1 is 1.23 bits per heavy atom.